The highest BCUT2D eigenvalue weighted by Gasteiger charge is 2.01. The van der Waals surface area contributed by atoms with Crippen LogP contribution in [0.4, 0.5) is 0 Å². The van der Waals surface area contributed by atoms with Crippen LogP contribution < -0.4 is 5.32 Å². The van der Waals surface area contributed by atoms with Gasteiger partial charge in [0.05, 0.1) is 6.61 Å². The molecule has 0 aliphatic carbocycles. The fourth-order valence-electron chi connectivity index (χ4n) is 0.917. The number of nitrogens with one attached hydrogen (secondary N) is 1. The maximum atomic E-state index is 8.77. The molecule has 0 saturated carbocycles. The van der Waals surface area contributed by atoms with Gasteiger partial charge in [0.15, 0.2) is 0 Å². The van der Waals surface area contributed by atoms with Gasteiger partial charge >= 0.3 is 0 Å². The van der Waals surface area contributed by atoms with E-state index in [2.05, 4.69) is 23.7 Å². The number of hydrogen-bond donors (Lipinski definition) is 2. The van der Waals surface area contributed by atoms with Crippen LogP contribution in [0.25, 0.3) is 0 Å². The molecule has 68 valence electrons. The number of aliphatic hydroxyl groups excluding tert-OH is 1. The maximum Gasteiger partial charge on any atom is 0.0582 e. The zero-order chi connectivity index (χ0) is 8.97. The van der Waals surface area contributed by atoms with E-state index in [0.717, 1.165) is 6.54 Å². The van der Waals surface area contributed by atoms with Crippen molar-refractivity contribution in [3.8, 4) is 0 Å². The van der Waals surface area contributed by atoms with Crippen molar-refractivity contribution in [3.63, 3.8) is 0 Å². The Morgan fingerprint density at radius 3 is 2.92 bits per heavy atom. The Kier molecular flexibility index (Phi) is 3.72. The summed E-state index contributed by atoms with van der Waals surface area (Å²) in [5, 5.41) is 14.1. The molecule has 0 bridgehead atoms. The summed E-state index contributed by atoms with van der Waals surface area (Å²) in [6.45, 7) is 5.15. The fraction of sp³-hybridized carbons (Fsp3) is 0.556. The van der Waals surface area contributed by atoms with Crippen molar-refractivity contribution in [2.24, 2.45) is 0 Å². The van der Waals surface area contributed by atoms with Crippen LogP contribution in [0.15, 0.2) is 11.4 Å². The van der Waals surface area contributed by atoms with Gasteiger partial charge in [-0.3, -0.25) is 0 Å². The molecule has 0 saturated heterocycles. The van der Waals surface area contributed by atoms with E-state index in [9.17, 15) is 0 Å². The Bertz CT molecular complexity index is 234. The maximum absolute atomic E-state index is 8.77. The van der Waals surface area contributed by atoms with Crippen molar-refractivity contribution in [2.45, 2.75) is 26.4 Å². The average Bonchev–Trinajstić information content (AvgIpc) is 2.47. The first-order chi connectivity index (χ1) is 5.74. The van der Waals surface area contributed by atoms with Crippen LogP contribution in [0, 0.1) is 6.92 Å². The van der Waals surface area contributed by atoms with Crippen molar-refractivity contribution >= 4 is 11.3 Å². The van der Waals surface area contributed by atoms with Crippen molar-refractivity contribution in [1.82, 2.24) is 5.32 Å². The Morgan fingerprint density at radius 1 is 1.67 bits per heavy atom. The normalized spacial score (nSPS) is 13.2. The lowest BCUT2D eigenvalue weighted by Gasteiger charge is -2.09. The van der Waals surface area contributed by atoms with Crippen LogP contribution in [0.3, 0.4) is 0 Å². The molecule has 0 aromatic carbocycles. The minimum atomic E-state index is 0.187. The second kappa shape index (κ2) is 4.60. The summed E-state index contributed by atoms with van der Waals surface area (Å²) in [5.74, 6) is 0. The second-order valence-corrected chi connectivity index (χ2v) is 3.99. The van der Waals surface area contributed by atoms with E-state index in [-0.39, 0.29) is 12.6 Å². The lowest BCUT2D eigenvalue weighted by molar-refractivity contribution is 0.251. The van der Waals surface area contributed by atoms with Gasteiger partial charge in [-0.15, -0.1) is 11.3 Å². The Labute approximate surface area is 77.2 Å². The number of aryl methyl sites for hydroxylation is 1. The third-order valence-corrected chi connectivity index (χ3v) is 2.88. The summed E-state index contributed by atoms with van der Waals surface area (Å²) < 4.78 is 0. The SMILES string of the molecule is Cc1ccsc1CN[C@H](C)CO. The minimum Gasteiger partial charge on any atom is -0.395 e. The van der Waals surface area contributed by atoms with Crippen LogP contribution in [0.2, 0.25) is 0 Å². The van der Waals surface area contributed by atoms with Crippen LogP contribution in [0.5, 0.6) is 0 Å². The number of aliphatic hydroxyl groups is 1. The van der Waals surface area contributed by atoms with Gasteiger partial charge in [-0.1, -0.05) is 0 Å². The zero-order valence-electron chi connectivity index (χ0n) is 7.50. The summed E-state index contributed by atoms with van der Waals surface area (Å²) in [4.78, 5) is 1.36. The smallest absolute Gasteiger partial charge is 0.0582 e. The molecule has 12 heavy (non-hydrogen) atoms. The third kappa shape index (κ3) is 2.59. The first kappa shape index (κ1) is 9.71. The zero-order valence-corrected chi connectivity index (χ0v) is 8.32. The molecule has 1 heterocycles. The molecular formula is C9H15NOS. The molecule has 1 atom stereocenters. The van der Waals surface area contributed by atoms with E-state index >= 15 is 0 Å². The molecule has 0 unspecified atom stereocenters. The fourth-order valence-corrected chi connectivity index (χ4v) is 1.77. The van der Waals surface area contributed by atoms with Gasteiger partial charge in [0.2, 0.25) is 0 Å². The third-order valence-electron chi connectivity index (χ3n) is 1.85. The molecular weight excluding hydrogens is 170 g/mol. The topological polar surface area (TPSA) is 32.3 Å². The van der Waals surface area contributed by atoms with Crippen molar-refractivity contribution in [2.75, 3.05) is 6.61 Å². The molecule has 1 aromatic rings. The molecule has 3 heteroatoms. The molecule has 2 N–H and O–H groups in total. The molecule has 2 nitrogen and oxygen atoms in total. The minimum absolute atomic E-state index is 0.187. The van der Waals surface area contributed by atoms with E-state index in [0.29, 0.717) is 0 Å². The van der Waals surface area contributed by atoms with Gasteiger partial charge in [-0.2, -0.15) is 0 Å². The summed E-state index contributed by atoms with van der Waals surface area (Å²) >= 11 is 1.76. The summed E-state index contributed by atoms with van der Waals surface area (Å²) in [7, 11) is 0. The molecule has 0 spiro atoms. The summed E-state index contributed by atoms with van der Waals surface area (Å²) in [5.41, 5.74) is 1.33. The summed E-state index contributed by atoms with van der Waals surface area (Å²) in [6.07, 6.45) is 0. The molecule has 1 aromatic heterocycles. The van der Waals surface area contributed by atoms with E-state index in [1.807, 2.05) is 6.92 Å². The highest BCUT2D eigenvalue weighted by Crippen LogP contribution is 2.14. The number of thiophene rings is 1. The van der Waals surface area contributed by atoms with Gasteiger partial charge in [-0.05, 0) is 30.9 Å². The van der Waals surface area contributed by atoms with Gasteiger partial charge < -0.3 is 10.4 Å². The largest absolute Gasteiger partial charge is 0.395 e. The summed E-state index contributed by atoms with van der Waals surface area (Å²) in [6, 6.07) is 2.30. The number of rotatable bonds is 4. The molecule has 0 aliphatic heterocycles. The number of hydrogen-bond acceptors (Lipinski definition) is 3. The highest BCUT2D eigenvalue weighted by atomic mass is 32.1. The Balaban J connectivity index is 2.38. The lowest BCUT2D eigenvalue weighted by atomic mass is 10.3. The first-order valence-electron chi connectivity index (χ1n) is 4.11. The molecule has 0 aliphatic rings. The van der Waals surface area contributed by atoms with Crippen LogP contribution in [0.1, 0.15) is 17.4 Å². The van der Waals surface area contributed by atoms with Gasteiger partial charge in [0.1, 0.15) is 0 Å². The first-order valence-corrected chi connectivity index (χ1v) is 4.99. The van der Waals surface area contributed by atoms with Crippen molar-refractivity contribution in [1.29, 1.82) is 0 Å². The predicted octanol–water partition coefficient (Wildman–Crippen LogP) is 1.53. The average molecular weight is 185 g/mol. The van der Waals surface area contributed by atoms with E-state index in [1.54, 1.807) is 11.3 Å². The van der Waals surface area contributed by atoms with Crippen LogP contribution in [-0.2, 0) is 6.54 Å². The van der Waals surface area contributed by atoms with Gasteiger partial charge in [-0.25, -0.2) is 0 Å². The Hall–Kier alpha value is -0.380. The van der Waals surface area contributed by atoms with E-state index in [1.165, 1.54) is 10.4 Å². The monoisotopic (exact) mass is 185 g/mol. The van der Waals surface area contributed by atoms with Crippen LogP contribution in [-0.4, -0.2) is 17.8 Å². The highest BCUT2D eigenvalue weighted by molar-refractivity contribution is 7.10. The molecule has 0 radical (unpaired) electrons. The van der Waals surface area contributed by atoms with Gasteiger partial charge in [0.25, 0.3) is 0 Å². The van der Waals surface area contributed by atoms with Gasteiger partial charge in [0, 0.05) is 17.5 Å². The standard InChI is InChI=1S/C9H15NOS/c1-7-3-4-12-9(7)5-10-8(2)6-11/h3-4,8,10-11H,5-6H2,1-2H3/t8-/m1/s1. The van der Waals surface area contributed by atoms with E-state index in [4.69, 9.17) is 5.11 Å². The molecule has 0 fully saturated rings. The predicted molar refractivity (Wildman–Crippen MR) is 52.4 cm³/mol. The van der Waals surface area contributed by atoms with Crippen molar-refractivity contribution < 1.29 is 5.11 Å². The molecule has 1 rings (SSSR count). The van der Waals surface area contributed by atoms with E-state index < -0.39 is 0 Å². The van der Waals surface area contributed by atoms with Crippen LogP contribution >= 0.6 is 11.3 Å². The van der Waals surface area contributed by atoms with Crippen molar-refractivity contribution in [3.05, 3.63) is 21.9 Å². The second-order valence-electron chi connectivity index (χ2n) is 2.99. The Morgan fingerprint density at radius 2 is 2.42 bits per heavy atom. The lowest BCUT2D eigenvalue weighted by Crippen LogP contribution is -2.28. The molecule has 0 amide bonds. The quantitative estimate of drug-likeness (QED) is 0.745.